The average molecular weight is 484 g/mol. The Bertz CT molecular complexity index is 1140. The Morgan fingerprint density at radius 3 is 2.59 bits per heavy atom. The van der Waals surface area contributed by atoms with E-state index in [0.717, 1.165) is 5.56 Å². The first-order chi connectivity index (χ1) is 16.4. The SMILES string of the molecule is CCOCCOC(=O)C1C(C)=NC2=C(C(=O)C[C@H](c3ccc(Cl)cc3)C2)[C@H]1c1cccc(F)c1. The van der Waals surface area contributed by atoms with Gasteiger partial charge in [0.25, 0.3) is 0 Å². The number of carbonyl (C=O) groups is 2. The first kappa shape index (κ1) is 24.3. The van der Waals surface area contributed by atoms with E-state index in [9.17, 15) is 14.0 Å². The number of esters is 1. The Hall–Kier alpha value is -2.83. The van der Waals surface area contributed by atoms with Crippen LogP contribution in [0, 0.1) is 11.7 Å². The van der Waals surface area contributed by atoms with Crippen LogP contribution in [0.3, 0.4) is 0 Å². The number of ether oxygens (including phenoxy) is 2. The van der Waals surface area contributed by atoms with Crippen molar-refractivity contribution in [3.8, 4) is 0 Å². The van der Waals surface area contributed by atoms with Crippen molar-refractivity contribution in [1.82, 2.24) is 0 Å². The highest BCUT2D eigenvalue weighted by Crippen LogP contribution is 2.47. The lowest BCUT2D eigenvalue weighted by atomic mass is 9.69. The molecule has 2 aromatic carbocycles. The molecule has 2 aliphatic rings. The van der Waals surface area contributed by atoms with Crippen LogP contribution in [0.25, 0.3) is 0 Å². The molecule has 1 aliphatic heterocycles. The molecule has 1 aliphatic carbocycles. The van der Waals surface area contributed by atoms with Gasteiger partial charge < -0.3 is 9.47 Å². The van der Waals surface area contributed by atoms with Gasteiger partial charge in [-0.05, 0) is 61.6 Å². The summed E-state index contributed by atoms with van der Waals surface area (Å²) in [5.41, 5.74) is 3.26. The summed E-state index contributed by atoms with van der Waals surface area (Å²) < 4.78 is 24.9. The quantitative estimate of drug-likeness (QED) is 0.378. The number of allylic oxidation sites excluding steroid dienone is 2. The Balaban J connectivity index is 1.71. The molecule has 0 saturated heterocycles. The zero-order valence-electron chi connectivity index (χ0n) is 19.2. The number of aliphatic imine (C=N–C) groups is 1. The highest BCUT2D eigenvalue weighted by molar-refractivity contribution is 6.30. The molecule has 0 N–H and O–H groups in total. The molecular weight excluding hydrogens is 457 g/mol. The van der Waals surface area contributed by atoms with Gasteiger partial charge in [0.1, 0.15) is 18.3 Å². The van der Waals surface area contributed by atoms with Crippen molar-refractivity contribution >= 4 is 29.1 Å². The number of hydrogen-bond donors (Lipinski definition) is 0. The number of benzene rings is 2. The third-order valence-corrected chi connectivity index (χ3v) is 6.62. The van der Waals surface area contributed by atoms with Crippen LogP contribution in [0.15, 0.2) is 64.8 Å². The van der Waals surface area contributed by atoms with Crippen molar-refractivity contribution in [3.05, 3.63) is 81.8 Å². The maximum atomic E-state index is 14.2. The number of hydrogen-bond acceptors (Lipinski definition) is 5. The summed E-state index contributed by atoms with van der Waals surface area (Å²) in [6.45, 7) is 4.53. The van der Waals surface area contributed by atoms with Gasteiger partial charge in [0, 0.05) is 41.0 Å². The third-order valence-electron chi connectivity index (χ3n) is 6.37. The molecule has 0 fully saturated rings. The van der Waals surface area contributed by atoms with Crippen LogP contribution in [-0.4, -0.2) is 37.3 Å². The Kier molecular flexibility index (Phi) is 7.59. The van der Waals surface area contributed by atoms with E-state index in [2.05, 4.69) is 0 Å². The van der Waals surface area contributed by atoms with Gasteiger partial charge in [-0.3, -0.25) is 14.6 Å². The maximum Gasteiger partial charge on any atom is 0.315 e. The van der Waals surface area contributed by atoms with Gasteiger partial charge in [0.15, 0.2) is 5.78 Å². The summed E-state index contributed by atoms with van der Waals surface area (Å²) in [4.78, 5) is 31.4. The van der Waals surface area contributed by atoms with Gasteiger partial charge >= 0.3 is 5.97 Å². The molecule has 0 radical (unpaired) electrons. The Morgan fingerprint density at radius 1 is 1.12 bits per heavy atom. The van der Waals surface area contributed by atoms with Crippen molar-refractivity contribution in [1.29, 1.82) is 0 Å². The molecule has 0 spiro atoms. The first-order valence-electron chi connectivity index (χ1n) is 11.5. The van der Waals surface area contributed by atoms with E-state index in [1.165, 1.54) is 12.1 Å². The second-order valence-electron chi connectivity index (χ2n) is 8.57. The fraction of sp³-hybridized carbons (Fsp3) is 0.370. The Morgan fingerprint density at radius 2 is 1.88 bits per heavy atom. The van der Waals surface area contributed by atoms with E-state index in [4.69, 9.17) is 26.1 Å². The molecule has 7 heteroatoms. The molecule has 0 bridgehead atoms. The summed E-state index contributed by atoms with van der Waals surface area (Å²) >= 11 is 6.03. The summed E-state index contributed by atoms with van der Waals surface area (Å²) in [5.74, 6) is -2.50. The summed E-state index contributed by atoms with van der Waals surface area (Å²) in [5, 5.41) is 0.634. The monoisotopic (exact) mass is 483 g/mol. The molecule has 0 saturated carbocycles. The van der Waals surface area contributed by atoms with Crippen molar-refractivity contribution in [2.24, 2.45) is 10.9 Å². The van der Waals surface area contributed by atoms with Crippen LogP contribution >= 0.6 is 11.6 Å². The topological polar surface area (TPSA) is 65.0 Å². The fourth-order valence-corrected chi connectivity index (χ4v) is 4.96. The minimum Gasteiger partial charge on any atom is -0.463 e. The molecule has 0 amide bonds. The molecule has 34 heavy (non-hydrogen) atoms. The normalized spacial score (nSPS) is 22.3. The number of Topliss-reactive ketones (excluding diaryl/α,β-unsaturated/α-hetero) is 1. The zero-order chi connectivity index (χ0) is 24.2. The van der Waals surface area contributed by atoms with E-state index < -0.39 is 23.6 Å². The molecule has 178 valence electrons. The van der Waals surface area contributed by atoms with Gasteiger partial charge in [-0.2, -0.15) is 0 Å². The number of ketones is 1. The smallest absolute Gasteiger partial charge is 0.315 e. The van der Waals surface area contributed by atoms with Crippen molar-refractivity contribution in [3.63, 3.8) is 0 Å². The van der Waals surface area contributed by atoms with Gasteiger partial charge in [-0.25, -0.2) is 4.39 Å². The standard InChI is InChI=1S/C27H27ClFNO4/c1-3-33-11-12-34-27(32)24-16(2)30-22-14-19(17-7-9-20(28)10-8-17)15-23(31)26(22)25(24)18-5-4-6-21(29)13-18/h4-10,13,19,24-25H,3,11-12,14-15H2,1-2H3/t19-,24?,25+/m1/s1. The summed E-state index contributed by atoms with van der Waals surface area (Å²) in [6, 6.07) is 13.5. The van der Waals surface area contributed by atoms with Crippen molar-refractivity contribution in [2.45, 2.75) is 38.5 Å². The van der Waals surface area contributed by atoms with Crippen LogP contribution in [0.1, 0.15) is 49.7 Å². The van der Waals surface area contributed by atoms with Crippen molar-refractivity contribution in [2.75, 3.05) is 19.8 Å². The van der Waals surface area contributed by atoms with E-state index in [1.807, 2.05) is 31.2 Å². The predicted molar refractivity (Wildman–Crippen MR) is 129 cm³/mol. The van der Waals surface area contributed by atoms with Gasteiger partial charge in [0.05, 0.1) is 6.61 Å². The lowest BCUT2D eigenvalue weighted by Crippen LogP contribution is -2.38. The second kappa shape index (κ2) is 10.6. The van der Waals surface area contributed by atoms with Crippen LogP contribution < -0.4 is 0 Å². The molecular formula is C27H27ClFNO4. The van der Waals surface area contributed by atoms with Crippen molar-refractivity contribution < 1.29 is 23.5 Å². The average Bonchev–Trinajstić information content (AvgIpc) is 2.81. The summed E-state index contributed by atoms with van der Waals surface area (Å²) in [6.07, 6.45) is 0.838. The van der Waals surface area contributed by atoms with Crippen LogP contribution in [-0.2, 0) is 19.1 Å². The number of halogens is 2. The van der Waals surface area contributed by atoms with E-state index in [-0.39, 0.29) is 31.3 Å². The second-order valence-corrected chi connectivity index (χ2v) is 9.00. The molecule has 1 heterocycles. The predicted octanol–water partition coefficient (Wildman–Crippen LogP) is 5.63. The maximum absolute atomic E-state index is 14.2. The van der Waals surface area contributed by atoms with Gasteiger partial charge in [-0.15, -0.1) is 0 Å². The van der Waals surface area contributed by atoms with E-state index >= 15 is 0 Å². The highest BCUT2D eigenvalue weighted by atomic mass is 35.5. The number of nitrogens with zero attached hydrogens (tertiary/aromatic N) is 1. The molecule has 1 unspecified atom stereocenters. The van der Waals surface area contributed by atoms with E-state index in [1.54, 1.807) is 19.1 Å². The van der Waals surface area contributed by atoms with Crippen LogP contribution in [0.5, 0.6) is 0 Å². The van der Waals surface area contributed by atoms with Crippen LogP contribution in [0.2, 0.25) is 5.02 Å². The van der Waals surface area contributed by atoms with Gasteiger partial charge in [0.2, 0.25) is 0 Å². The lowest BCUT2D eigenvalue weighted by molar-refractivity contribution is -0.148. The van der Waals surface area contributed by atoms with E-state index in [0.29, 0.717) is 40.6 Å². The molecule has 0 aromatic heterocycles. The molecule has 2 aromatic rings. The number of rotatable bonds is 7. The number of carbonyl (C=O) groups excluding carboxylic acids is 2. The van der Waals surface area contributed by atoms with Crippen LogP contribution in [0.4, 0.5) is 4.39 Å². The zero-order valence-corrected chi connectivity index (χ0v) is 20.0. The third kappa shape index (κ3) is 5.13. The first-order valence-corrected chi connectivity index (χ1v) is 11.8. The van der Waals surface area contributed by atoms with Gasteiger partial charge in [-0.1, -0.05) is 35.9 Å². The highest BCUT2D eigenvalue weighted by Gasteiger charge is 2.44. The molecule has 5 nitrogen and oxygen atoms in total. The fourth-order valence-electron chi connectivity index (χ4n) is 4.83. The largest absolute Gasteiger partial charge is 0.463 e. The summed E-state index contributed by atoms with van der Waals surface area (Å²) in [7, 11) is 0. The minimum absolute atomic E-state index is 0.0390. The molecule has 3 atom stereocenters. The Labute approximate surface area is 203 Å². The lowest BCUT2D eigenvalue weighted by Gasteiger charge is -2.36. The minimum atomic E-state index is -0.807. The molecule has 4 rings (SSSR count).